The predicted molar refractivity (Wildman–Crippen MR) is 92.8 cm³/mol. The van der Waals surface area contributed by atoms with E-state index in [9.17, 15) is 4.79 Å². The molecule has 0 aromatic rings. The molecule has 1 aliphatic carbocycles. The molecule has 0 aromatic heterocycles. The van der Waals surface area contributed by atoms with Crippen molar-refractivity contribution in [3.63, 3.8) is 0 Å². The molecule has 1 saturated heterocycles. The van der Waals surface area contributed by atoms with Crippen LogP contribution in [0, 0.1) is 17.3 Å². The molecule has 128 valence electrons. The quantitative estimate of drug-likeness (QED) is 0.856. The van der Waals surface area contributed by atoms with Gasteiger partial charge in [0.1, 0.15) is 0 Å². The number of likely N-dealkylation sites (tertiary alicyclic amines) is 1. The standard InChI is InChI=1S/C19H36N2O/c1-5-15-11-17(20-18(22)19(2,3)4)14-21(12-15)13-16-9-7-6-8-10-16/h15-17H,5-14H2,1-4H3,(H,20,22). The summed E-state index contributed by atoms with van der Waals surface area (Å²) in [6.07, 6.45) is 9.46. The van der Waals surface area contributed by atoms with Crippen LogP contribution in [0.1, 0.15) is 72.6 Å². The van der Waals surface area contributed by atoms with Gasteiger partial charge < -0.3 is 10.2 Å². The van der Waals surface area contributed by atoms with Gasteiger partial charge in [0, 0.05) is 31.1 Å². The van der Waals surface area contributed by atoms with Crippen molar-refractivity contribution in [2.24, 2.45) is 17.3 Å². The second-order valence-corrected chi connectivity index (χ2v) is 8.65. The topological polar surface area (TPSA) is 32.3 Å². The molecule has 2 atom stereocenters. The van der Waals surface area contributed by atoms with Crippen molar-refractivity contribution < 1.29 is 4.79 Å². The van der Waals surface area contributed by atoms with E-state index in [2.05, 4.69) is 17.1 Å². The van der Waals surface area contributed by atoms with Crippen molar-refractivity contribution in [3.05, 3.63) is 0 Å². The summed E-state index contributed by atoms with van der Waals surface area (Å²) in [6, 6.07) is 0.342. The van der Waals surface area contributed by atoms with Crippen molar-refractivity contribution in [1.29, 1.82) is 0 Å². The lowest BCUT2D eigenvalue weighted by atomic mass is 9.86. The fraction of sp³-hybridized carbons (Fsp3) is 0.947. The summed E-state index contributed by atoms with van der Waals surface area (Å²) in [5.41, 5.74) is -0.284. The van der Waals surface area contributed by atoms with E-state index < -0.39 is 0 Å². The van der Waals surface area contributed by atoms with Gasteiger partial charge in [0.2, 0.25) is 5.91 Å². The van der Waals surface area contributed by atoms with Crippen molar-refractivity contribution in [1.82, 2.24) is 10.2 Å². The van der Waals surface area contributed by atoms with Gasteiger partial charge in [0.25, 0.3) is 0 Å². The van der Waals surface area contributed by atoms with Crippen molar-refractivity contribution >= 4 is 5.91 Å². The molecule has 3 heteroatoms. The second-order valence-electron chi connectivity index (χ2n) is 8.65. The maximum absolute atomic E-state index is 12.3. The molecule has 22 heavy (non-hydrogen) atoms. The highest BCUT2D eigenvalue weighted by Gasteiger charge is 2.31. The molecule has 2 aliphatic rings. The number of nitrogens with one attached hydrogen (secondary N) is 1. The van der Waals surface area contributed by atoms with E-state index in [4.69, 9.17) is 0 Å². The van der Waals surface area contributed by atoms with E-state index in [1.54, 1.807) is 0 Å². The molecule has 1 heterocycles. The van der Waals surface area contributed by atoms with Crippen LogP contribution < -0.4 is 5.32 Å². The molecule has 2 rings (SSSR count). The first-order valence-corrected chi connectivity index (χ1v) is 9.41. The summed E-state index contributed by atoms with van der Waals surface area (Å²) < 4.78 is 0. The average molecular weight is 309 g/mol. The maximum atomic E-state index is 12.3. The molecule has 0 aromatic carbocycles. The molecule has 2 fully saturated rings. The molecular formula is C19H36N2O. The third-order valence-corrected chi connectivity index (χ3v) is 5.45. The highest BCUT2D eigenvalue weighted by Crippen LogP contribution is 2.27. The van der Waals surface area contributed by atoms with Gasteiger partial charge in [-0.1, -0.05) is 53.4 Å². The zero-order valence-corrected chi connectivity index (χ0v) is 15.2. The summed E-state index contributed by atoms with van der Waals surface area (Å²) in [7, 11) is 0. The van der Waals surface area contributed by atoms with Crippen molar-refractivity contribution in [2.45, 2.75) is 78.7 Å². The molecule has 1 N–H and O–H groups in total. The zero-order chi connectivity index (χ0) is 16.2. The third kappa shape index (κ3) is 5.26. The van der Waals surface area contributed by atoms with Crippen LogP contribution >= 0.6 is 0 Å². The molecule has 0 radical (unpaired) electrons. The Kier molecular flexibility index (Phi) is 6.31. The normalized spacial score (nSPS) is 28.5. The molecule has 0 spiro atoms. The van der Waals surface area contributed by atoms with Crippen LogP contribution in [0.3, 0.4) is 0 Å². The van der Waals surface area contributed by atoms with E-state index in [0.717, 1.165) is 24.8 Å². The lowest BCUT2D eigenvalue weighted by Gasteiger charge is -2.40. The summed E-state index contributed by atoms with van der Waals surface area (Å²) >= 11 is 0. The van der Waals surface area contributed by atoms with E-state index >= 15 is 0 Å². The van der Waals surface area contributed by atoms with Crippen LogP contribution in [0.2, 0.25) is 0 Å². The van der Waals surface area contributed by atoms with Gasteiger partial charge in [0.05, 0.1) is 0 Å². The molecule has 1 saturated carbocycles. The highest BCUT2D eigenvalue weighted by molar-refractivity contribution is 5.81. The number of carbonyl (C=O) groups is 1. The fourth-order valence-electron chi connectivity index (χ4n) is 3.99. The van der Waals surface area contributed by atoms with E-state index in [1.807, 2.05) is 20.8 Å². The van der Waals surface area contributed by atoms with E-state index in [-0.39, 0.29) is 11.3 Å². The van der Waals surface area contributed by atoms with Gasteiger partial charge in [-0.15, -0.1) is 0 Å². The third-order valence-electron chi connectivity index (χ3n) is 5.45. The first-order chi connectivity index (χ1) is 10.4. The first-order valence-electron chi connectivity index (χ1n) is 9.41. The van der Waals surface area contributed by atoms with Gasteiger partial charge in [-0.3, -0.25) is 4.79 Å². The van der Waals surface area contributed by atoms with Gasteiger partial charge in [-0.25, -0.2) is 0 Å². The Labute approximate surface area is 137 Å². The lowest BCUT2D eigenvalue weighted by molar-refractivity contribution is -0.129. The monoisotopic (exact) mass is 308 g/mol. The van der Waals surface area contributed by atoms with Gasteiger partial charge in [0.15, 0.2) is 0 Å². The largest absolute Gasteiger partial charge is 0.352 e. The molecule has 3 nitrogen and oxygen atoms in total. The van der Waals surface area contributed by atoms with Gasteiger partial charge >= 0.3 is 0 Å². The van der Waals surface area contributed by atoms with Crippen LogP contribution in [0.25, 0.3) is 0 Å². The Hall–Kier alpha value is -0.570. The Morgan fingerprint density at radius 2 is 1.77 bits per heavy atom. The minimum Gasteiger partial charge on any atom is -0.352 e. The number of nitrogens with zero attached hydrogens (tertiary/aromatic N) is 1. The first kappa shape index (κ1) is 17.8. The van der Waals surface area contributed by atoms with E-state index in [1.165, 1.54) is 51.6 Å². The average Bonchev–Trinajstić information content (AvgIpc) is 2.47. The SMILES string of the molecule is CCC1CC(NC(=O)C(C)(C)C)CN(CC2CCCCC2)C1. The number of carbonyl (C=O) groups excluding carboxylic acids is 1. The Balaban J connectivity index is 1.89. The smallest absolute Gasteiger partial charge is 0.225 e. The number of hydrogen-bond donors (Lipinski definition) is 1. The van der Waals surface area contributed by atoms with Gasteiger partial charge in [-0.2, -0.15) is 0 Å². The van der Waals surface area contributed by atoms with Crippen LogP contribution in [0.15, 0.2) is 0 Å². The number of rotatable bonds is 4. The minimum atomic E-state index is -0.284. The molecule has 2 unspecified atom stereocenters. The summed E-state index contributed by atoms with van der Waals surface area (Å²) in [6.45, 7) is 11.8. The highest BCUT2D eigenvalue weighted by atomic mass is 16.2. The van der Waals surface area contributed by atoms with Crippen molar-refractivity contribution in [2.75, 3.05) is 19.6 Å². The fourth-order valence-corrected chi connectivity index (χ4v) is 3.99. The Bertz CT molecular complexity index is 355. The lowest BCUT2D eigenvalue weighted by Crippen LogP contribution is -2.53. The van der Waals surface area contributed by atoms with Crippen LogP contribution in [-0.4, -0.2) is 36.5 Å². The number of hydrogen-bond acceptors (Lipinski definition) is 2. The van der Waals surface area contributed by atoms with Crippen LogP contribution in [0.4, 0.5) is 0 Å². The van der Waals surface area contributed by atoms with E-state index in [0.29, 0.717) is 6.04 Å². The van der Waals surface area contributed by atoms with Crippen LogP contribution in [-0.2, 0) is 4.79 Å². The zero-order valence-electron chi connectivity index (χ0n) is 15.2. The van der Waals surface area contributed by atoms with Crippen LogP contribution in [0.5, 0.6) is 0 Å². The van der Waals surface area contributed by atoms with Crippen molar-refractivity contribution in [3.8, 4) is 0 Å². The Morgan fingerprint density at radius 3 is 2.36 bits per heavy atom. The molecule has 1 aliphatic heterocycles. The predicted octanol–water partition coefficient (Wildman–Crippen LogP) is 3.83. The summed E-state index contributed by atoms with van der Waals surface area (Å²) in [4.78, 5) is 14.9. The summed E-state index contributed by atoms with van der Waals surface area (Å²) in [5.74, 6) is 1.83. The molecular weight excluding hydrogens is 272 g/mol. The Morgan fingerprint density at radius 1 is 1.09 bits per heavy atom. The minimum absolute atomic E-state index is 0.201. The summed E-state index contributed by atoms with van der Waals surface area (Å²) in [5, 5.41) is 3.31. The maximum Gasteiger partial charge on any atom is 0.225 e. The van der Waals surface area contributed by atoms with Gasteiger partial charge in [-0.05, 0) is 31.1 Å². The number of amides is 1. The molecule has 0 bridgehead atoms. The number of piperidine rings is 1. The molecule has 1 amide bonds. The second kappa shape index (κ2) is 7.81.